The van der Waals surface area contributed by atoms with Gasteiger partial charge in [0.2, 0.25) is 5.91 Å². The summed E-state index contributed by atoms with van der Waals surface area (Å²) in [4.78, 5) is 16.8. The second kappa shape index (κ2) is 8.59. The summed E-state index contributed by atoms with van der Waals surface area (Å²) in [6, 6.07) is 11.0. The van der Waals surface area contributed by atoms with Crippen LogP contribution in [0.15, 0.2) is 30.3 Å². The van der Waals surface area contributed by atoms with Crippen LogP contribution in [0.2, 0.25) is 0 Å². The van der Waals surface area contributed by atoms with Crippen molar-refractivity contribution in [1.29, 1.82) is 0 Å². The number of hydrogen-bond acceptors (Lipinski definition) is 3. The molecule has 1 aromatic rings. The number of benzene rings is 1. The van der Waals surface area contributed by atoms with Crippen LogP contribution < -0.4 is 0 Å². The maximum atomic E-state index is 12.3. The lowest BCUT2D eigenvalue weighted by molar-refractivity contribution is -0.130. The highest BCUT2D eigenvalue weighted by Crippen LogP contribution is 2.19. The summed E-state index contributed by atoms with van der Waals surface area (Å²) in [6.45, 7) is 7.04. The molecule has 0 saturated carbocycles. The van der Waals surface area contributed by atoms with Crippen LogP contribution in [0.3, 0.4) is 0 Å². The molecule has 3 nitrogen and oxygen atoms in total. The standard InChI is InChI=1S/C18H28N2OS/c1-15(2)22-14-18(21)20-11-7-10-17(13-20)19(3)12-16-8-5-4-6-9-16/h4-6,8-9,15,17H,7,10-14H2,1-3H3/t17-/m1/s1. The van der Waals surface area contributed by atoms with Crippen LogP contribution in [0.5, 0.6) is 0 Å². The van der Waals surface area contributed by atoms with Crippen LogP contribution in [0, 0.1) is 0 Å². The summed E-state index contributed by atoms with van der Waals surface area (Å²) in [6.07, 6.45) is 2.30. The van der Waals surface area contributed by atoms with Gasteiger partial charge in [-0.05, 0) is 30.7 Å². The first-order chi connectivity index (χ1) is 10.6. The van der Waals surface area contributed by atoms with Crippen molar-refractivity contribution < 1.29 is 4.79 Å². The monoisotopic (exact) mass is 320 g/mol. The Hall–Kier alpha value is -1.00. The third kappa shape index (κ3) is 5.33. The number of carbonyl (C=O) groups is 1. The van der Waals surface area contributed by atoms with Crippen LogP contribution in [0.25, 0.3) is 0 Å². The van der Waals surface area contributed by atoms with Crippen LogP contribution in [0.1, 0.15) is 32.3 Å². The minimum absolute atomic E-state index is 0.302. The van der Waals surface area contributed by atoms with Crippen molar-refractivity contribution in [2.24, 2.45) is 0 Å². The average molecular weight is 321 g/mol. The van der Waals surface area contributed by atoms with Crippen LogP contribution in [-0.2, 0) is 11.3 Å². The number of thioether (sulfide) groups is 1. The number of rotatable bonds is 6. The number of piperidine rings is 1. The quantitative estimate of drug-likeness (QED) is 0.804. The Bertz CT molecular complexity index is 463. The summed E-state index contributed by atoms with van der Waals surface area (Å²) >= 11 is 1.74. The largest absolute Gasteiger partial charge is 0.340 e. The van der Waals surface area contributed by atoms with E-state index in [0.29, 0.717) is 23.0 Å². The van der Waals surface area contributed by atoms with Gasteiger partial charge in [0.05, 0.1) is 5.75 Å². The maximum Gasteiger partial charge on any atom is 0.232 e. The minimum atomic E-state index is 0.302. The number of amides is 1. The average Bonchev–Trinajstić information content (AvgIpc) is 2.53. The molecule has 122 valence electrons. The van der Waals surface area contributed by atoms with Gasteiger partial charge in [-0.2, -0.15) is 0 Å². The van der Waals surface area contributed by atoms with E-state index in [9.17, 15) is 4.79 Å². The lowest BCUT2D eigenvalue weighted by Crippen LogP contribution is -2.48. The number of likely N-dealkylation sites (N-methyl/N-ethyl adjacent to an activating group) is 1. The molecule has 1 aliphatic heterocycles. The highest BCUT2D eigenvalue weighted by Gasteiger charge is 2.26. The molecule has 0 unspecified atom stereocenters. The first kappa shape index (κ1) is 17.4. The Balaban J connectivity index is 1.85. The molecule has 1 atom stereocenters. The van der Waals surface area contributed by atoms with Crippen molar-refractivity contribution in [3.8, 4) is 0 Å². The zero-order chi connectivity index (χ0) is 15.9. The van der Waals surface area contributed by atoms with Gasteiger partial charge in [0.1, 0.15) is 0 Å². The Morgan fingerprint density at radius 2 is 2.09 bits per heavy atom. The molecule has 0 N–H and O–H groups in total. The normalized spacial score (nSPS) is 19.0. The van der Waals surface area contributed by atoms with Gasteiger partial charge < -0.3 is 4.90 Å². The lowest BCUT2D eigenvalue weighted by atomic mass is 10.0. The van der Waals surface area contributed by atoms with Gasteiger partial charge in [0.25, 0.3) is 0 Å². The first-order valence-electron chi connectivity index (χ1n) is 8.20. The Morgan fingerprint density at radius 1 is 1.36 bits per heavy atom. The van der Waals surface area contributed by atoms with Crippen molar-refractivity contribution in [1.82, 2.24) is 9.80 Å². The molecular formula is C18H28N2OS. The zero-order valence-corrected chi connectivity index (χ0v) is 14.8. The smallest absolute Gasteiger partial charge is 0.232 e. The van der Waals surface area contributed by atoms with E-state index in [-0.39, 0.29) is 0 Å². The van der Waals surface area contributed by atoms with E-state index in [2.05, 4.69) is 61.0 Å². The SMILES string of the molecule is CC(C)SCC(=O)N1CCC[C@@H](N(C)Cc2ccccc2)C1. The second-order valence-corrected chi connectivity index (χ2v) is 7.96. The third-order valence-electron chi connectivity index (χ3n) is 4.19. The molecule has 4 heteroatoms. The number of hydrogen-bond donors (Lipinski definition) is 0. The van der Waals surface area contributed by atoms with E-state index < -0.39 is 0 Å². The highest BCUT2D eigenvalue weighted by atomic mass is 32.2. The van der Waals surface area contributed by atoms with Crippen molar-refractivity contribution >= 4 is 17.7 Å². The van der Waals surface area contributed by atoms with E-state index in [1.54, 1.807) is 11.8 Å². The topological polar surface area (TPSA) is 23.6 Å². The molecule has 2 rings (SSSR count). The minimum Gasteiger partial charge on any atom is -0.340 e. The van der Waals surface area contributed by atoms with Crippen LogP contribution >= 0.6 is 11.8 Å². The summed E-state index contributed by atoms with van der Waals surface area (Å²) < 4.78 is 0. The molecule has 0 radical (unpaired) electrons. The fourth-order valence-electron chi connectivity index (χ4n) is 2.87. The van der Waals surface area contributed by atoms with Gasteiger partial charge in [-0.3, -0.25) is 9.69 Å². The van der Waals surface area contributed by atoms with Gasteiger partial charge in [-0.25, -0.2) is 0 Å². The van der Waals surface area contributed by atoms with Crippen LogP contribution in [-0.4, -0.2) is 52.9 Å². The number of likely N-dealkylation sites (tertiary alicyclic amines) is 1. The number of nitrogens with zero attached hydrogens (tertiary/aromatic N) is 2. The molecule has 0 aliphatic carbocycles. The van der Waals surface area contributed by atoms with E-state index in [0.717, 1.165) is 26.1 Å². The van der Waals surface area contributed by atoms with Gasteiger partial charge in [-0.1, -0.05) is 44.2 Å². The Morgan fingerprint density at radius 3 is 2.77 bits per heavy atom. The Kier molecular flexibility index (Phi) is 6.77. The fourth-order valence-corrected chi connectivity index (χ4v) is 3.53. The Labute approximate surface area is 139 Å². The highest BCUT2D eigenvalue weighted by molar-refractivity contribution is 8.00. The lowest BCUT2D eigenvalue weighted by Gasteiger charge is -2.37. The van der Waals surface area contributed by atoms with Crippen molar-refractivity contribution in [2.45, 2.75) is 44.5 Å². The molecule has 0 aromatic heterocycles. The summed E-state index contributed by atoms with van der Waals surface area (Å²) in [7, 11) is 2.18. The zero-order valence-electron chi connectivity index (χ0n) is 14.0. The maximum absolute atomic E-state index is 12.3. The molecule has 1 aliphatic rings. The van der Waals surface area contributed by atoms with Gasteiger partial charge >= 0.3 is 0 Å². The molecule has 0 bridgehead atoms. The first-order valence-corrected chi connectivity index (χ1v) is 9.24. The van der Waals surface area contributed by atoms with Crippen molar-refractivity contribution in [2.75, 3.05) is 25.9 Å². The van der Waals surface area contributed by atoms with E-state index >= 15 is 0 Å². The molecular weight excluding hydrogens is 292 g/mol. The van der Waals surface area contributed by atoms with E-state index in [1.807, 2.05) is 0 Å². The molecule has 1 amide bonds. The predicted octanol–water partition coefficient (Wildman–Crippen LogP) is 3.25. The molecule has 1 fully saturated rings. The van der Waals surface area contributed by atoms with Crippen molar-refractivity contribution in [3.05, 3.63) is 35.9 Å². The second-order valence-electron chi connectivity index (χ2n) is 6.40. The molecule has 22 heavy (non-hydrogen) atoms. The molecule has 1 heterocycles. The van der Waals surface area contributed by atoms with E-state index in [4.69, 9.17) is 0 Å². The van der Waals surface area contributed by atoms with Gasteiger partial charge in [0.15, 0.2) is 0 Å². The van der Waals surface area contributed by atoms with Gasteiger partial charge in [-0.15, -0.1) is 11.8 Å². The van der Waals surface area contributed by atoms with Crippen LogP contribution in [0.4, 0.5) is 0 Å². The van der Waals surface area contributed by atoms with Crippen molar-refractivity contribution in [3.63, 3.8) is 0 Å². The summed E-state index contributed by atoms with van der Waals surface area (Å²) in [5.74, 6) is 0.920. The van der Waals surface area contributed by atoms with E-state index in [1.165, 1.54) is 12.0 Å². The molecule has 1 aromatic carbocycles. The molecule has 0 spiro atoms. The van der Waals surface area contributed by atoms with Gasteiger partial charge in [0, 0.05) is 25.7 Å². The summed E-state index contributed by atoms with van der Waals surface area (Å²) in [5, 5.41) is 0.519. The third-order valence-corrected chi connectivity index (χ3v) is 5.27. The summed E-state index contributed by atoms with van der Waals surface area (Å²) in [5.41, 5.74) is 1.34. The number of carbonyl (C=O) groups excluding carboxylic acids is 1. The predicted molar refractivity (Wildman–Crippen MR) is 95.1 cm³/mol. The molecule has 1 saturated heterocycles. The fraction of sp³-hybridized carbons (Fsp3) is 0.611.